The van der Waals surface area contributed by atoms with Crippen molar-refractivity contribution in [2.24, 2.45) is 0 Å². The number of hydrogen-bond acceptors (Lipinski definition) is 2. The molecule has 0 fully saturated rings. The summed E-state index contributed by atoms with van der Waals surface area (Å²) in [6.07, 6.45) is 0. The summed E-state index contributed by atoms with van der Waals surface area (Å²) in [7, 11) is -1.94. The van der Waals surface area contributed by atoms with Gasteiger partial charge in [0.2, 0.25) is 0 Å². The number of rotatable bonds is 1. The first kappa shape index (κ1) is 6.83. The summed E-state index contributed by atoms with van der Waals surface area (Å²) in [4.78, 5) is 0. The van der Waals surface area contributed by atoms with E-state index in [1.807, 2.05) is 8.01 Å². The van der Waals surface area contributed by atoms with Crippen LogP contribution in [-0.4, -0.2) is 13.0 Å². The summed E-state index contributed by atoms with van der Waals surface area (Å²) in [5.74, 6) is 0. The Kier molecular flexibility index (Phi) is 2.53. The van der Waals surface area contributed by atoms with Gasteiger partial charge in [-0.15, -0.1) is 0 Å². The third-order valence-corrected chi connectivity index (χ3v) is 3.50. The predicted octanol–water partition coefficient (Wildman–Crippen LogP) is -0.338. The molecule has 6 heteroatoms. The zero-order chi connectivity index (χ0) is 5.21. The van der Waals surface area contributed by atoms with Crippen molar-refractivity contribution < 1.29 is 25.9 Å². The molecule has 0 aromatic heterocycles. The van der Waals surface area contributed by atoms with Gasteiger partial charge in [-0.2, -0.15) is 0 Å². The normalized spacial score (nSPS) is 12.3. The predicted molar refractivity (Wildman–Crippen MR) is 21.3 cm³/mol. The molecule has 42 valence electrons. The fourth-order valence-corrected chi connectivity index (χ4v) is 0. The molecule has 0 rings (SSSR count). The van der Waals surface area contributed by atoms with Crippen molar-refractivity contribution in [1.82, 2.24) is 0 Å². The van der Waals surface area contributed by atoms with Gasteiger partial charge in [0.1, 0.15) is 0 Å². The quantitative estimate of drug-likeness (QED) is 0.335. The minimum absolute atomic E-state index is 0.174. The summed E-state index contributed by atoms with van der Waals surface area (Å²) < 4.78 is 26.8. The molecule has 0 aromatic carbocycles. The molecule has 1 atom stereocenters. The van der Waals surface area contributed by atoms with Crippen LogP contribution in [0, 0.1) is 0 Å². The second kappa shape index (κ2) is 2.22. The van der Waals surface area contributed by atoms with E-state index in [2.05, 4.69) is 0 Å². The molecule has 0 aliphatic heterocycles. The van der Waals surface area contributed by atoms with E-state index in [1.54, 1.807) is 0 Å². The van der Waals surface area contributed by atoms with Crippen LogP contribution in [0.2, 0.25) is 0 Å². The van der Waals surface area contributed by atoms with Crippen LogP contribution in [-0.2, 0) is 21.5 Å². The van der Waals surface area contributed by atoms with Gasteiger partial charge in [-0.05, 0) is 0 Å². The van der Waals surface area contributed by atoms with Crippen molar-refractivity contribution in [3.05, 3.63) is 0 Å². The molecule has 0 heterocycles. The van der Waals surface area contributed by atoms with Crippen LogP contribution in [0.15, 0.2) is 0 Å². The monoisotopic (exact) mass is 172 g/mol. The van der Waals surface area contributed by atoms with Gasteiger partial charge in [-0.1, -0.05) is 0 Å². The Morgan fingerprint density at radius 3 is 1.83 bits per heavy atom. The first-order valence-electron chi connectivity index (χ1n) is 0.828. The SMILES string of the molecule is O=[S](=O)(O)[Ni][PH2]. The maximum atomic E-state index is 9.51. The van der Waals surface area contributed by atoms with Gasteiger partial charge in [-0.25, -0.2) is 0 Å². The maximum absolute atomic E-state index is 9.51. The summed E-state index contributed by atoms with van der Waals surface area (Å²) >= 11 is 0.174. The topological polar surface area (TPSA) is 54.4 Å². The summed E-state index contributed by atoms with van der Waals surface area (Å²) in [6.45, 7) is 0. The first-order valence-corrected chi connectivity index (χ1v) is 5.40. The van der Waals surface area contributed by atoms with Gasteiger partial charge < -0.3 is 0 Å². The molecule has 1 unspecified atom stereocenters. The second-order valence-corrected chi connectivity index (χ2v) is 5.44. The Morgan fingerprint density at radius 2 is 1.83 bits per heavy atom. The van der Waals surface area contributed by atoms with E-state index in [-0.39, 0.29) is 12.9 Å². The molecule has 0 aliphatic carbocycles. The number of hydrogen-bond donors (Lipinski definition) is 1. The van der Waals surface area contributed by atoms with E-state index < -0.39 is 8.64 Å². The molecular weight excluding hydrogens is 170 g/mol. The molecular formula is H3NiO3PS. The zero-order valence-corrected chi connectivity index (χ0v) is 5.52. The zero-order valence-electron chi connectivity index (χ0n) is 2.57. The van der Waals surface area contributed by atoms with Gasteiger partial charge >= 0.3 is 42.5 Å². The summed E-state index contributed by atoms with van der Waals surface area (Å²) in [5.41, 5.74) is 0. The van der Waals surface area contributed by atoms with E-state index in [0.717, 1.165) is 0 Å². The molecule has 0 amide bonds. The van der Waals surface area contributed by atoms with Crippen molar-refractivity contribution in [2.45, 2.75) is 0 Å². The molecule has 0 bridgehead atoms. The average molecular weight is 173 g/mol. The average Bonchev–Trinajstić information content (AvgIpc) is 1.35. The third-order valence-electron chi connectivity index (χ3n) is 0.0942. The van der Waals surface area contributed by atoms with Crippen molar-refractivity contribution in [3.63, 3.8) is 0 Å². The Bertz CT molecular complexity index is 113. The Morgan fingerprint density at radius 1 is 1.67 bits per heavy atom. The van der Waals surface area contributed by atoms with Crippen LogP contribution in [0.5, 0.6) is 0 Å². The summed E-state index contributed by atoms with van der Waals surface area (Å²) in [5, 5.41) is 0. The molecule has 6 heavy (non-hydrogen) atoms. The fourth-order valence-electron chi connectivity index (χ4n) is 0. The van der Waals surface area contributed by atoms with Crippen LogP contribution >= 0.6 is 8.01 Å². The standard InChI is InChI=1S/Ni.HO3S.H2P/c;1-4(2)3;/h;(H,1,2,3);1H2/q+1;;-1. The van der Waals surface area contributed by atoms with Gasteiger partial charge in [0.25, 0.3) is 0 Å². The van der Waals surface area contributed by atoms with Crippen LogP contribution in [0.3, 0.4) is 0 Å². The van der Waals surface area contributed by atoms with Crippen molar-refractivity contribution in [2.75, 3.05) is 0 Å². The molecule has 0 radical (unpaired) electrons. The van der Waals surface area contributed by atoms with Crippen LogP contribution < -0.4 is 0 Å². The molecule has 0 spiro atoms. The Labute approximate surface area is 43.0 Å². The van der Waals surface area contributed by atoms with E-state index in [1.165, 1.54) is 0 Å². The van der Waals surface area contributed by atoms with Gasteiger partial charge in [0, 0.05) is 0 Å². The van der Waals surface area contributed by atoms with Gasteiger partial charge in [-0.3, -0.25) is 0 Å². The van der Waals surface area contributed by atoms with E-state index in [4.69, 9.17) is 4.55 Å². The molecule has 0 aromatic rings. The van der Waals surface area contributed by atoms with Crippen molar-refractivity contribution >= 4 is 16.7 Å². The minimum atomic E-state index is -3.76. The third kappa shape index (κ3) is 4.83. The molecule has 0 saturated carbocycles. The van der Waals surface area contributed by atoms with Gasteiger partial charge in [0.05, 0.1) is 0 Å². The molecule has 0 saturated heterocycles. The van der Waals surface area contributed by atoms with E-state index in [0.29, 0.717) is 0 Å². The Hall–Kier alpha value is 0.834. The van der Waals surface area contributed by atoms with E-state index >= 15 is 0 Å². The van der Waals surface area contributed by atoms with Crippen LogP contribution in [0.25, 0.3) is 0 Å². The Balaban J connectivity index is 3.85. The molecule has 3 nitrogen and oxygen atoms in total. The first-order chi connectivity index (χ1) is 2.56. The van der Waals surface area contributed by atoms with Crippen LogP contribution in [0.1, 0.15) is 0 Å². The fraction of sp³-hybridized carbons (Fsp3) is 0. The molecule has 0 aliphatic rings. The summed E-state index contributed by atoms with van der Waals surface area (Å²) in [6, 6.07) is 0. The van der Waals surface area contributed by atoms with Crippen molar-refractivity contribution in [3.8, 4) is 0 Å². The second-order valence-electron chi connectivity index (χ2n) is 0.455. The van der Waals surface area contributed by atoms with Crippen LogP contribution in [0.4, 0.5) is 0 Å². The van der Waals surface area contributed by atoms with E-state index in [9.17, 15) is 8.42 Å². The van der Waals surface area contributed by atoms with Crippen molar-refractivity contribution in [1.29, 1.82) is 0 Å². The molecule has 1 N–H and O–H groups in total. The van der Waals surface area contributed by atoms with Gasteiger partial charge in [0.15, 0.2) is 0 Å².